The summed E-state index contributed by atoms with van der Waals surface area (Å²) in [5.41, 5.74) is 6.41. The van der Waals surface area contributed by atoms with E-state index in [0.717, 1.165) is 45.2 Å². The molecule has 1 amide bonds. The number of nitrogens with zero attached hydrogens (tertiary/aromatic N) is 3. The maximum absolute atomic E-state index is 12.5. The summed E-state index contributed by atoms with van der Waals surface area (Å²) >= 11 is 0. The number of carbonyl (C=O) groups excluding carboxylic acids is 1. The fourth-order valence-electron chi connectivity index (χ4n) is 2.83. The van der Waals surface area contributed by atoms with Crippen molar-refractivity contribution >= 4 is 5.91 Å². The predicted molar refractivity (Wildman–Crippen MR) is 85.6 cm³/mol. The molecule has 1 aliphatic heterocycles. The molecule has 1 fully saturated rings. The van der Waals surface area contributed by atoms with Crippen molar-refractivity contribution in [3.63, 3.8) is 0 Å². The van der Waals surface area contributed by atoms with Crippen LogP contribution >= 0.6 is 0 Å². The van der Waals surface area contributed by atoms with Crippen molar-refractivity contribution in [1.82, 2.24) is 14.8 Å². The molecule has 1 aliphatic rings. The van der Waals surface area contributed by atoms with Gasteiger partial charge in [-0.1, -0.05) is 19.8 Å². The van der Waals surface area contributed by atoms with Gasteiger partial charge in [0.2, 0.25) is 5.89 Å². The van der Waals surface area contributed by atoms with E-state index in [1.807, 2.05) is 7.05 Å². The third-order valence-corrected chi connectivity index (χ3v) is 4.48. The first-order valence-corrected chi connectivity index (χ1v) is 8.19. The molecular weight excluding hydrogens is 280 g/mol. The normalized spacial score (nSPS) is 18.4. The van der Waals surface area contributed by atoms with Crippen molar-refractivity contribution < 1.29 is 9.21 Å². The van der Waals surface area contributed by atoms with Crippen molar-refractivity contribution in [3.8, 4) is 0 Å². The molecule has 1 unspecified atom stereocenters. The average Bonchev–Trinajstić information content (AvgIpc) is 3.02. The van der Waals surface area contributed by atoms with E-state index in [4.69, 9.17) is 10.2 Å². The maximum atomic E-state index is 12.5. The number of unbranched alkanes of at least 4 members (excludes halogenated alkanes) is 1. The Kier molecular flexibility index (Phi) is 5.97. The molecule has 0 radical (unpaired) electrons. The van der Waals surface area contributed by atoms with E-state index in [2.05, 4.69) is 23.9 Å². The summed E-state index contributed by atoms with van der Waals surface area (Å²) in [4.78, 5) is 20.9. The minimum absolute atomic E-state index is 0.0766. The average molecular weight is 308 g/mol. The highest BCUT2D eigenvalue weighted by Gasteiger charge is 2.27. The summed E-state index contributed by atoms with van der Waals surface area (Å²) < 4.78 is 5.41. The van der Waals surface area contributed by atoms with Crippen LogP contribution in [0.4, 0.5) is 0 Å². The molecule has 0 bridgehead atoms. The molecule has 1 aromatic rings. The molecule has 6 nitrogen and oxygen atoms in total. The van der Waals surface area contributed by atoms with Gasteiger partial charge in [-0.3, -0.25) is 4.79 Å². The molecule has 22 heavy (non-hydrogen) atoms. The topological polar surface area (TPSA) is 75.6 Å². The van der Waals surface area contributed by atoms with Crippen molar-refractivity contribution in [3.05, 3.63) is 17.8 Å². The molecule has 1 aromatic heterocycles. The quantitative estimate of drug-likeness (QED) is 0.870. The third kappa shape index (κ3) is 4.08. The van der Waals surface area contributed by atoms with Gasteiger partial charge in [0.15, 0.2) is 5.69 Å². The number of hydrogen-bond acceptors (Lipinski definition) is 5. The molecule has 2 heterocycles. The van der Waals surface area contributed by atoms with Crippen LogP contribution in [0.25, 0.3) is 0 Å². The first-order valence-electron chi connectivity index (χ1n) is 8.19. The predicted octanol–water partition coefficient (Wildman–Crippen LogP) is 2.03. The molecule has 124 valence electrons. The van der Waals surface area contributed by atoms with Crippen LogP contribution in [0.2, 0.25) is 0 Å². The van der Waals surface area contributed by atoms with Gasteiger partial charge in [-0.15, -0.1) is 0 Å². The standard InChI is InChI=1S/C16H28N4O2/c1-4-5-6-13(17)15-18-14(11-22-15)16(21)20(3)12-7-9-19(2)10-8-12/h11-13H,4-10,17H2,1-3H3. The zero-order chi connectivity index (χ0) is 16.1. The minimum atomic E-state index is -0.227. The van der Waals surface area contributed by atoms with Gasteiger partial charge in [-0.25, -0.2) is 4.98 Å². The minimum Gasteiger partial charge on any atom is -0.446 e. The Morgan fingerprint density at radius 1 is 1.55 bits per heavy atom. The Morgan fingerprint density at radius 2 is 2.23 bits per heavy atom. The molecule has 1 atom stereocenters. The first kappa shape index (κ1) is 17.0. The lowest BCUT2D eigenvalue weighted by molar-refractivity contribution is 0.0653. The fraction of sp³-hybridized carbons (Fsp3) is 0.750. The number of rotatable bonds is 6. The van der Waals surface area contributed by atoms with Gasteiger partial charge < -0.3 is 20.0 Å². The van der Waals surface area contributed by atoms with Gasteiger partial charge in [0.05, 0.1) is 6.04 Å². The van der Waals surface area contributed by atoms with Gasteiger partial charge >= 0.3 is 0 Å². The Labute approximate surface area is 132 Å². The van der Waals surface area contributed by atoms with Crippen molar-refractivity contribution in [2.24, 2.45) is 5.73 Å². The Balaban J connectivity index is 1.96. The molecule has 1 saturated heterocycles. The summed E-state index contributed by atoms with van der Waals surface area (Å²) in [6.07, 6.45) is 6.38. The summed E-state index contributed by atoms with van der Waals surface area (Å²) in [5.74, 6) is 0.390. The summed E-state index contributed by atoms with van der Waals surface area (Å²) in [5, 5.41) is 0. The van der Waals surface area contributed by atoms with E-state index in [-0.39, 0.29) is 18.0 Å². The van der Waals surface area contributed by atoms with Crippen LogP contribution in [0.1, 0.15) is 61.4 Å². The lowest BCUT2D eigenvalue weighted by atomic mass is 10.0. The molecule has 0 aliphatic carbocycles. The van der Waals surface area contributed by atoms with Gasteiger partial charge in [0.1, 0.15) is 6.26 Å². The largest absolute Gasteiger partial charge is 0.446 e. The second-order valence-corrected chi connectivity index (χ2v) is 6.27. The van der Waals surface area contributed by atoms with Crippen molar-refractivity contribution in [2.75, 3.05) is 27.2 Å². The van der Waals surface area contributed by atoms with Crippen LogP contribution in [-0.4, -0.2) is 53.9 Å². The van der Waals surface area contributed by atoms with E-state index in [1.165, 1.54) is 6.26 Å². The van der Waals surface area contributed by atoms with Crippen LogP contribution in [0.3, 0.4) is 0 Å². The highest BCUT2D eigenvalue weighted by atomic mass is 16.3. The molecule has 0 aromatic carbocycles. The number of oxazole rings is 1. The van der Waals surface area contributed by atoms with Crippen molar-refractivity contribution in [1.29, 1.82) is 0 Å². The van der Waals surface area contributed by atoms with E-state index in [9.17, 15) is 4.79 Å². The number of likely N-dealkylation sites (tertiary alicyclic amines) is 1. The van der Waals surface area contributed by atoms with E-state index < -0.39 is 0 Å². The summed E-state index contributed by atoms with van der Waals surface area (Å²) in [6.45, 7) is 4.16. The van der Waals surface area contributed by atoms with E-state index in [1.54, 1.807) is 4.90 Å². The maximum Gasteiger partial charge on any atom is 0.275 e. The molecule has 0 spiro atoms. The summed E-state index contributed by atoms with van der Waals surface area (Å²) in [6, 6.07) is 0.0488. The van der Waals surface area contributed by atoms with Crippen LogP contribution in [0.5, 0.6) is 0 Å². The Morgan fingerprint density at radius 3 is 2.86 bits per heavy atom. The second-order valence-electron chi connectivity index (χ2n) is 6.27. The Hall–Kier alpha value is -1.40. The zero-order valence-corrected chi connectivity index (χ0v) is 13.9. The van der Waals surface area contributed by atoms with E-state index in [0.29, 0.717) is 11.6 Å². The van der Waals surface area contributed by atoms with Crippen LogP contribution < -0.4 is 5.73 Å². The van der Waals surface area contributed by atoms with Crippen molar-refractivity contribution in [2.45, 2.75) is 51.1 Å². The third-order valence-electron chi connectivity index (χ3n) is 4.48. The second kappa shape index (κ2) is 7.74. The SMILES string of the molecule is CCCCC(N)c1nc(C(=O)N(C)C2CCN(C)CC2)co1. The highest BCUT2D eigenvalue weighted by Crippen LogP contribution is 2.19. The highest BCUT2D eigenvalue weighted by molar-refractivity contribution is 5.92. The Bertz CT molecular complexity index is 480. The monoisotopic (exact) mass is 308 g/mol. The van der Waals surface area contributed by atoms with E-state index >= 15 is 0 Å². The smallest absolute Gasteiger partial charge is 0.275 e. The number of amides is 1. The molecule has 0 saturated carbocycles. The van der Waals surface area contributed by atoms with Crippen LogP contribution in [0, 0.1) is 0 Å². The van der Waals surface area contributed by atoms with Gasteiger partial charge in [-0.2, -0.15) is 0 Å². The lowest BCUT2D eigenvalue weighted by Gasteiger charge is -2.34. The number of aromatic nitrogens is 1. The van der Waals surface area contributed by atoms with Gasteiger partial charge in [0.25, 0.3) is 5.91 Å². The number of piperidine rings is 1. The zero-order valence-electron chi connectivity index (χ0n) is 13.9. The van der Waals surface area contributed by atoms with Crippen LogP contribution in [-0.2, 0) is 0 Å². The number of carbonyl (C=O) groups is 1. The molecular formula is C16H28N4O2. The molecule has 2 N–H and O–H groups in total. The van der Waals surface area contributed by atoms with Gasteiger partial charge in [-0.05, 0) is 39.4 Å². The fourth-order valence-corrected chi connectivity index (χ4v) is 2.83. The van der Waals surface area contributed by atoms with Crippen LogP contribution in [0.15, 0.2) is 10.7 Å². The van der Waals surface area contributed by atoms with Gasteiger partial charge in [0, 0.05) is 13.1 Å². The summed E-state index contributed by atoms with van der Waals surface area (Å²) in [7, 11) is 3.96. The molecule has 6 heteroatoms. The molecule has 2 rings (SSSR count). The number of hydrogen-bond donors (Lipinski definition) is 1. The lowest BCUT2D eigenvalue weighted by Crippen LogP contribution is -2.44. The number of nitrogens with two attached hydrogens (primary N) is 1. The first-order chi connectivity index (χ1) is 10.5.